The Morgan fingerprint density at radius 1 is 1.06 bits per heavy atom. The Balaban J connectivity index is 1.15. The number of hydrogen-bond acceptors (Lipinski definition) is 4. The first kappa shape index (κ1) is 23.7. The predicted octanol–water partition coefficient (Wildman–Crippen LogP) is 4.90. The molecule has 182 valence electrons. The third-order valence-corrected chi connectivity index (χ3v) is 7.59. The Hall–Kier alpha value is -3.03. The van der Waals surface area contributed by atoms with Gasteiger partial charge in [-0.2, -0.15) is 11.3 Å². The maximum absolute atomic E-state index is 13.4. The first-order chi connectivity index (χ1) is 17.1. The molecule has 1 amide bonds. The zero-order chi connectivity index (χ0) is 24.0. The van der Waals surface area contributed by atoms with Gasteiger partial charge in [0.1, 0.15) is 11.6 Å². The SMILES string of the molecule is O=C(Cc1ccsc1)NCCN1CCC(Cc2nc3ccccc3n2Cc2ccc(F)cc2)CC1. The van der Waals surface area contributed by atoms with Crippen molar-refractivity contribution in [1.29, 1.82) is 0 Å². The number of rotatable bonds is 9. The van der Waals surface area contributed by atoms with Crippen molar-refractivity contribution in [2.75, 3.05) is 26.2 Å². The average molecular weight is 491 g/mol. The quantitative estimate of drug-likeness (QED) is 0.363. The Morgan fingerprint density at radius 3 is 2.63 bits per heavy atom. The molecule has 0 spiro atoms. The highest BCUT2D eigenvalue weighted by atomic mass is 32.1. The molecule has 0 unspecified atom stereocenters. The molecule has 1 N–H and O–H groups in total. The van der Waals surface area contributed by atoms with Crippen LogP contribution in [0.25, 0.3) is 11.0 Å². The number of thiophene rings is 1. The standard InChI is InChI=1S/C28H31FN4OS/c29-24-7-5-22(6-8-24)19-33-26-4-2-1-3-25(26)31-27(33)17-21-9-13-32(14-10-21)15-12-30-28(34)18-23-11-16-35-20-23/h1-8,11,16,20-21H,9-10,12-15,17-19H2,(H,30,34). The minimum Gasteiger partial charge on any atom is -0.355 e. The molecule has 7 heteroatoms. The van der Waals surface area contributed by atoms with E-state index in [0.29, 0.717) is 25.4 Å². The first-order valence-electron chi connectivity index (χ1n) is 12.3. The lowest BCUT2D eigenvalue weighted by Crippen LogP contribution is -2.40. The van der Waals surface area contributed by atoms with Crippen LogP contribution < -0.4 is 5.32 Å². The zero-order valence-electron chi connectivity index (χ0n) is 19.8. The summed E-state index contributed by atoms with van der Waals surface area (Å²) in [6.45, 7) is 4.37. The molecule has 1 fully saturated rings. The lowest BCUT2D eigenvalue weighted by molar-refractivity contribution is -0.120. The second-order valence-electron chi connectivity index (χ2n) is 9.38. The Bertz CT molecular complexity index is 1240. The van der Waals surface area contributed by atoms with Gasteiger partial charge in [-0.15, -0.1) is 0 Å². The number of carbonyl (C=O) groups excluding carboxylic acids is 1. The van der Waals surface area contributed by atoms with E-state index in [1.165, 1.54) is 12.1 Å². The van der Waals surface area contributed by atoms with Crippen molar-refractivity contribution in [3.63, 3.8) is 0 Å². The molecule has 4 aromatic rings. The van der Waals surface area contributed by atoms with Gasteiger partial charge in [0, 0.05) is 26.1 Å². The summed E-state index contributed by atoms with van der Waals surface area (Å²) < 4.78 is 15.7. The zero-order valence-corrected chi connectivity index (χ0v) is 20.6. The fourth-order valence-corrected chi connectivity index (χ4v) is 5.57. The molecule has 35 heavy (non-hydrogen) atoms. The highest BCUT2D eigenvalue weighted by molar-refractivity contribution is 7.08. The summed E-state index contributed by atoms with van der Waals surface area (Å²) in [6.07, 6.45) is 3.66. The van der Waals surface area contributed by atoms with Gasteiger partial charge in [0.2, 0.25) is 5.91 Å². The molecule has 5 nitrogen and oxygen atoms in total. The van der Waals surface area contributed by atoms with Gasteiger partial charge in [-0.05, 0) is 84.1 Å². The number of amides is 1. The van der Waals surface area contributed by atoms with E-state index < -0.39 is 0 Å². The second kappa shape index (κ2) is 11.1. The van der Waals surface area contributed by atoms with E-state index in [2.05, 4.69) is 26.9 Å². The molecule has 0 aliphatic carbocycles. The number of nitrogens with zero attached hydrogens (tertiary/aromatic N) is 3. The number of nitrogens with one attached hydrogen (secondary N) is 1. The lowest BCUT2D eigenvalue weighted by Gasteiger charge is -2.32. The van der Waals surface area contributed by atoms with Crippen molar-refractivity contribution >= 4 is 28.3 Å². The number of para-hydroxylation sites is 2. The number of aromatic nitrogens is 2. The number of fused-ring (bicyclic) bond motifs is 1. The molecule has 0 saturated carbocycles. The number of likely N-dealkylation sites (tertiary alicyclic amines) is 1. The van der Waals surface area contributed by atoms with E-state index in [9.17, 15) is 9.18 Å². The summed E-state index contributed by atoms with van der Waals surface area (Å²) in [5.41, 5.74) is 4.30. The van der Waals surface area contributed by atoms with Gasteiger partial charge in [-0.3, -0.25) is 4.79 Å². The molecule has 1 saturated heterocycles. The number of halogens is 1. The Morgan fingerprint density at radius 2 is 1.86 bits per heavy atom. The van der Waals surface area contributed by atoms with Crippen molar-refractivity contribution in [3.05, 3.63) is 88.1 Å². The molecule has 2 aromatic carbocycles. The molecule has 0 atom stereocenters. The van der Waals surface area contributed by atoms with Gasteiger partial charge in [-0.25, -0.2) is 9.37 Å². The van der Waals surface area contributed by atoms with Crippen LogP contribution in [-0.4, -0.2) is 46.5 Å². The van der Waals surface area contributed by atoms with Gasteiger partial charge >= 0.3 is 0 Å². The molecular weight excluding hydrogens is 459 g/mol. The van der Waals surface area contributed by atoms with Crippen LogP contribution in [0.2, 0.25) is 0 Å². The van der Waals surface area contributed by atoms with Crippen LogP contribution in [-0.2, 0) is 24.2 Å². The van der Waals surface area contributed by atoms with E-state index in [4.69, 9.17) is 4.98 Å². The predicted molar refractivity (Wildman–Crippen MR) is 139 cm³/mol. The molecular formula is C28H31FN4OS. The molecule has 0 bridgehead atoms. The Labute approximate surface area is 209 Å². The van der Waals surface area contributed by atoms with Crippen LogP contribution in [0.15, 0.2) is 65.4 Å². The minimum atomic E-state index is -0.210. The third-order valence-electron chi connectivity index (χ3n) is 6.86. The summed E-state index contributed by atoms with van der Waals surface area (Å²) in [5, 5.41) is 7.09. The van der Waals surface area contributed by atoms with Crippen LogP contribution in [0.5, 0.6) is 0 Å². The smallest absolute Gasteiger partial charge is 0.224 e. The number of carbonyl (C=O) groups is 1. The lowest BCUT2D eigenvalue weighted by atomic mass is 9.93. The number of piperidine rings is 1. The molecule has 1 aliphatic rings. The van der Waals surface area contributed by atoms with Crippen molar-refractivity contribution in [3.8, 4) is 0 Å². The van der Waals surface area contributed by atoms with Crippen LogP contribution in [0.1, 0.15) is 29.8 Å². The van der Waals surface area contributed by atoms with E-state index in [-0.39, 0.29) is 11.7 Å². The first-order valence-corrected chi connectivity index (χ1v) is 13.3. The largest absolute Gasteiger partial charge is 0.355 e. The fraction of sp³-hybridized carbons (Fsp3) is 0.357. The van der Waals surface area contributed by atoms with Crippen molar-refractivity contribution in [1.82, 2.24) is 19.8 Å². The van der Waals surface area contributed by atoms with E-state index >= 15 is 0 Å². The summed E-state index contributed by atoms with van der Waals surface area (Å²) in [6, 6.07) is 17.0. The Kier molecular flexibility index (Phi) is 7.54. The van der Waals surface area contributed by atoms with Crippen molar-refractivity contribution < 1.29 is 9.18 Å². The van der Waals surface area contributed by atoms with E-state index in [1.807, 2.05) is 41.1 Å². The van der Waals surface area contributed by atoms with Gasteiger partial charge in [-0.1, -0.05) is 24.3 Å². The second-order valence-corrected chi connectivity index (χ2v) is 10.2. The summed E-state index contributed by atoms with van der Waals surface area (Å²) >= 11 is 1.62. The molecule has 0 radical (unpaired) electrons. The molecule has 5 rings (SSSR count). The summed E-state index contributed by atoms with van der Waals surface area (Å²) in [5.74, 6) is 1.58. The highest BCUT2D eigenvalue weighted by Gasteiger charge is 2.22. The van der Waals surface area contributed by atoms with Crippen molar-refractivity contribution in [2.24, 2.45) is 5.92 Å². The fourth-order valence-electron chi connectivity index (χ4n) is 4.90. The van der Waals surface area contributed by atoms with Crippen molar-refractivity contribution in [2.45, 2.75) is 32.2 Å². The van der Waals surface area contributed by atoms with E-state index in [1.54, 1.807) is 11.3 Å². The molecule has 1 aliphatic heterocycles. The minimum absolute atomic E-state index is 0.0957. The van der Waals surface area contributed by atoms with Crippen LogP contribution in [0.4, 0.5) is 4.39 Å². The third kappa shape index (κ3) is 6.16. The summed E-state index contributed by atoms with van der Waals surface area (Å²) in [7, 11) is 0. The maximum Gasteiger partial charge on any atom is 0.224 e. The molecule has 2 aromatic heterocycles. The van der Waals surface area contributed by atoms with Gasteiger partial charge in [0.05, 0.1) is 17.5 Å². The molecule has 3 heterocycles. The highest BCUT2D eigenvalue weighted by Crippen LogP contribution is 2.25. The van der Waals surface area contributed by atoms with Gasteiger partial charge in [0.15, 0.2) is 0 Å². The van der Waals surface area contributed by atoms with Crippen LogP contribution >= 0.6 is 11.3 Å². The van der Waals surface area contributed by atoms with E-state index in [0.717, 1.165) is 66.9 Å². The monoisotopic (exact) mass is 490 g/mol. The number of hydrogen-bond donors (Lipinski definition) is 1. The van der Waals surface area contributed by atoms with Crippen LogP contribution in [0, 0.1) is 11.7 Å². The number of imidazole rings is 1. The number of benzene rings is 2. The van der Waals surface area contributed by atoms with Crippen LogP contribution in [0.3, 0.4) is 0 Å². The summed E-state index contributed by atoms with van der Waals surface area (Å²) in [4.78, 5) is 19.5. The average Bonchev–Trinajstić information content (AvgIpc) is 3.49. The maximum atomic E-state index is 13.4. The van der Waals surface area contributed by atoms with Gasteiger partial charge in [0.25, 0.3) is 0 Å². The van der Waals surface area contributed by atoms with Gasteiger partial charge < -0.3 is 14.8 Å². The normalized spacial score (nSPS) is 15.0. The topological polar surface area (TPSA) is 50.2 Å².